The van der Waals surface area contributed by atoms with Gasteiger partial charge in [0.2, 0.25) is 5.91 Å². The van der Waals surface area contributed by atoms with Gasteiger partial charge in [0.05, 0.1) is 11.9 Å². The molecule has 4 nitrogen and oxygen atoms in total. The smallest absolute Gasteiger partial charge is 0.220 e. The molecule has 26 heavy (non-hydrogen) atoms. The van der Waals surface area contributed by atoms with Gasteiger partial charge in [0, 0.05) is 18.7 Å². The van der Waals surface area contributed by atoms with Gasteiger partial charge in [-0.2, -0.15) is 0 Å². The fourth-order valence-electron chi connectivity index (χ4n) is 2.66. The van der Waals surface area contributed by atoms with E-state index >= 15 is 0 Å². The molecule has 0 bridgehead atoms. The summed E-state index contributed by atoms with van der Waals surface area (Å²) >= 11 is 1.62. The first kappa shape index (κ1) is 18.3. The van der Waals surface area contributed by atoms with Crippen LogP contribution in [-0.4, -0.2) is 28.2 Å². The van der Waals surface area contributed by atoms with E-state index in [9.17, 15) is 4.79 Å². The molecule has 0 aliphatic heterocycles. The Hall–Kier alpha value is -2.53. The van der Waals surface area contributed by atoms with Crippen LogP contribution >= 0.6 is 11.8 Å². The summed E-state index contributed by atoms with van der Waals surface area (Å²) in [5.41, 5.74) is 3.42. The lowest BCUT2D eigenvalue weighted by Crippen LogP contribution is -2.25. The Morgan fingerprint density at radius 3 is 2.54 bits per heavy atom. The molecule has 2 N–H and O–H groups in total. The molecule has 134 valence electrons. The number of aromatic nitrogens is 2. The lowest BCUT2D eigenvalue weighted by Gasteiger charge is -2.04. The lowest BCUT2D eigenvalue weighted by atomic mass is 10.1. The van der Waals surface area contributed by atoms with Crippen LogP contribution in [0.25, 0.3) is 11.3 Å². The Labute approximate surface area is 158 Å². The van der Waals surface area contributed by atoms with Gasteiger partial charge in [0.25, 0.3) is 0 Å². The number of imidazole rings is 1. The number of nitrogens with one attached hydrogen (secondary N) is 2. The molecule has 0 fully saturated rings. The van der Waals surface area contributed by atoms with E-state index in [0.717, 1.165) is 35.0 Å². The number of carbonyl (C=O) groups excluding carboxylic acids is 1. The Morgan fingerprint density at radius 1 is 1.04 bits per heavy atom. The SMILES string of the molecule is O=C(CCCc1ccccc1)NCCSc1ncc(-c2ccccc2)[nH]1. The fourth-order valence-corrected chi connectivity index (χ4v) is 3.37. The minimum atomic E-state index is 0.117. The zero-order valence-corrected chi connectivity index (χ0v) is 15.5. The van der Waals surface area contributed by atoms with E-state index in [0.29, 0.717) is 13.0 Å². The first-order valence-corrected chi connectivity index (χ1v) is 9.84. The Balaban J connectivity index is 1.31. The minimum absolute atomic E-state index is 0.117. The van der Waals surface area contributed by atoms with Gasteiger partial charge in [-0.1, -0.05) is 72.4 Å². The van der Waals surface area contributed by atoms with Crippen LogP contribution in [-0.2, 0) is 11.2 Å². The van der Waals surface area contributed by atoms with E-state index in [1.165, 1.54) is 5.56 Å². The number of H-pyrrole nitrogens is 1. The van der Waals surface area contributed by atoms with Crippen LogP contribution < -0.4 is 5.32 Å². The van der Waals surface area contributed by atoms with Gasteiger partial charge in [-0.3, -0.25) is 4.79 Å². The van der Waals surface area contributed by atoms with Gasteiger partial charge in [0.1, 0.15) is 0 Å². The molecule has 1 amide bonds. The predicted molar refractivity (Wildman–Crippen MR) is 107 cm³/mol. The summed E-state index contributed by atoms with van der Waals surface area (Å²) in [5, 5.41) is 3.85. The molecule has 0 aliphatic rings. The lowest BCUT2D eigenvalue weighted by molar-refractivity contribution is -0.121. The third-order valence-electron chi connectivity index (χ3n) is 4.01. The maximum Gasteiger partial charge on any atom is 0.220 e. The van der Waals surface area contributed by atoms with Gasteiger partial charge in [-0.25, -0.2) is 4.98 Å². The first-order valence-electron chi connectivity index (χ1n) is 8.85. The molecule has 0 radical (unpaired) electrons. The van der Waals surface area contributed by atoms with Crippen LogP contribution in [0.3, 0.4) is 0 Å². The first-order chi connectivity index (χ1) is 12.8. The van der Waals surface area contributed by atoms with Crippen molar-refractivity contribution in [3.05, 3.63) is 72.4 Å². The van der Waals surface area contributed by atoms with Crippen molar-refractivity contribution in [3.8, 4) is 11.3 Å². The topological polar surface area (TPSA) is 57.8 Å². The summed E-state index contributed by atoms with van der Waals surface area (Å²) in [4.78, 5) is 19.6. The molecular weight excluding hydrogens is 342 g/mol. The van der Waals surface area contributed by atoms with Crippen molar-refractivity contribution in [3.63, 3.8) is 0 Å². The van der Waals surface area contributed by atoms with Crippen molar-refractivity contribution in [2.45, 2.75) is 24.4 Å². The molecule has 0 saturated heterocycles. The number of hydrogen-bond acceptors (Lipinski definition) is 3. The third-order valence-corrected chi connectivity index (χ3v) is 4.90. The summed E-state index contributed by atoms with van der Waals surface area (Å²) in [6.45, 7) is 0.649. The van der Waals surface area contributed by atoms with Gasteiger partial charge in [-0.05, 0) is 24.0 Å². The van der Waals surface area contributed by atoms with Gasteiger partial charge in [-0.15, -0.1) is 0 Å². The quantitative estimate of drug-likeness (QED) is 0.439. The van der Waals surface area contributed by atoms with Gasteiger partial charge < -0.3 is 10.3 Å². The van der Waals surface area contributed by atoms with Crippen LogP contribution in [0.15, 0.2) is 72.0 Å². The predicted octanol–water partition coefficient (Wildman–Crippen LogP) is 4.31. The molecule has 3 rings (SSSR count). The molecule has 0 saturated carbocycles. The molecule has 1 aromatic heterocycles. The van der Waals surface area contributed by atoms with Crippen LogP contribution in [0.5, 0.6) is 0 Å². The highest BCUT2D eigenvalue weighted by Crippen LogP contribution is 2.20. The Morgan fingerprint density at radius 2 is 1.77 bits per heavy atom. The second-order valence-electron chi connectivity index (χ2n) is 6.01. The number of thioether (sulfide) groups is 1. The van der Waals surface area contributed by atoms with E-state index in [2.05, 4.69) is 39.6 Å². The zero-order chi connectivity index (χ0) is 18.0. The molecule has 0 spiro atoms. The minimum Gasteiger partial charge on any atom is -0.355 e. The van der Waals surface area contributed by atoms with E-state index in [4.69, 9.17) is 0 Å². The van der Waals surface area contributed by atoms with Crippen molar-refractivity contribution in [1.82, 2.24) is 15.3 Å². The molecule has 3 aromatic rings. The van der Waals surface area contributed by atoms with Gasteiger partial charge >= 0.3 is 0 Å². The van der Waals surface area contributed by atoms with Crippen LogP contribution in [0.2, 0.25) is 0 Å². The number of amides is 1. The van der Waals surface area contributed by atoms with Crippen molar-refractivity contribution in [2.24, 2.45) is 0 Å². The van der Waals surface area contributed by atoms with Crippen molar-refractivity contribution < 1.29 is 4.79 Å². The van der Waals surface area contributed by atoms with Crippen molar-refractivity contribution >= 4 is 17.7 Å². The third kappa shape index (κ3) is 5.77. The van der Waals surface area contributed by atoms with E-state index < -0.39 is 0 Å². The molecule has 0 atom stereocenters. The second-order valence-corrected chi connectivity index (χ2v) is 7.09. The Bertz CT molecular complexity index is 802. The number of rotatable bonds is 9. The fraction of sp³-hybridized carbons (Fsp3) is 0.238. The summed E-state index contributed by atoms with van der Waals surface area (Å²) in [6.07, 6.45) is 4.23. The normalized spacial score (nSPS) is 10.6. The second kappa shape index (κ2) is 9.82. The standard InChI is InChI=1S/C21H23N3OS/c25-20(13-7-10-17-8-3-1-4-9-17)22-14-15-26-21-23-16-19(24-21)18-11-5-2-6-12-18/h1-6,8-9,11-12,16H,7,10,13-15H2,(H,22,25)(H,23,24). The largest absolute Gasteiger partial charge is 0.355 e. The maximum atomic E-state index is 11.9. The van der Waals surface area contributed by atoms with Gasteiger partial charge in [0.15, 0.2) is 5.16 Å². The number of nitrogens with zero attached hydrogens (tertiary/aromatic N) is 1. The highest BCUT2D eigenvalue weighted by Gasteiger charge is 2.05. The summed E-state index contributed by atoms with van der Waals surface area (Å²) in [5.74, 6) is 0.914. The van der Waals surface area contributed by atoms with Crippen molar-refractivity contribution in [1.29, 1.82) is 0 Å². The molecule has 2 aromatic carbocycles. The summed E-state index contributed by atoms with van der Waals surface area (Å²) in [6, 6.07) is 20.4. The molecular formula is C21H23N3OS. The average molecular weight is 366 g/mol. The number of aryl methyl sites for hydroxylation is 1. The number of carbonyl (C=O) groups is 1. The summed E-state index contributed by atoms with van der Waals surface area (Å²) < 4.78 is 0. The molecule has 0 unspecified atom stereocenters. The number of aromatic amines is 1. The number of benzene rings is 2. The van der Waals surface area contributed by atoms with Crippen LogP contribution in [0, 0.1) is 0 Å². The van der Waals surface area contributed by atoms with Crippen LogP contribution in [0.4, 0.5) is 0 Å². The highest BCUT2D eigenvalue weighted by molar-refractivity contribution is 7.99. The highest BCUT2D eigenvalue weighted by atomic mass is 32.2. The zero-order valence-electron chi connectivity index (χ0n) is 14.7. The van der Waals surface area contributed by atoms with Crippen molar-refractivity contribution in [2.75, 3.05) is 12.3 Å². The van der Waals surface area contributed by atoms with E-state index in [-0.39, 0.29) is 5.91 Å². The van der Waals surface area contributed by atoms with Crippen LogP contribution in [0.1, 0.15) is 18.4 Å². The van der Waals surface area contributed by atoms with E-state index in [1.807, 2.05) is 42.6 Å². The maximum absolute atomic E-state index is 11.9. The number of hydrogen-bond donors (Lipinski definition) is 2. The molecule has 1 heterocycles. The van der Waals surface area contributed by atoms with E-state index in [1.54, 1.807) is 11.8 Å². The average Bonchev–Trinajstić information content (AvgIpc) is 3.16. The summed E-state index contributed by atoms with van der Waals surface area (Å²) in [7, 11) is 0. The monoisotopic (exact) mass is 365 g/mol. The Kier molecular flexibility index (Phi) is 6.90. The molecule has 5 heteroatoms. The molecule has 0 aliphatic carbocycles.